The Labute approximate surface area is 482 Å². The normalized spacial score (nSPS) is 12.8. The van der Waals surface area contributed by atoms with Gasteiger partial charge in [-0.15, -0.1) is 0 Å². The van der Waals surface area contributed by atoms with E-state index < -0.39 is 6.10 Å². The van der Waals surface area contributed by atoms with Crippen molar-refractivity contribution in [2.75, 3.05) is 13.2 Å². The lowest BCUT2D eigenvalue weighted by molar-refractivity contribution is -0.167. The van der Waals surface area contributed by atoms with Gasteiger partial charge >= 0.3 is 17.9 Å². The van der Waals surface area contributed by atoms with Crippen molar-refractivity contribution >= 4 is 17.9 Å². The summed E-state index contributed by atoms with van der Waals surface area (Å²) in [4.78, 5) is 38.2. The van der Waals surface area contributed by atoms with Crippen molar-refractivity contribution in [1.82, 2.24) is 0 Å². The van der Waals surface area contributed by atoms with Crippen molar-refractivity contribution in [1.29, 1.82) is 0 Å². The lowest BCUT2D eigenvalue weighted by Gasteiger charge is -2.18. The molecule has 0 aromatic rings. The Balaban J connectivity index is 4.18. The fourth-order valence-electron chi connectivity index (χ4n) is 9.10. The summed E-state index contributed by atoms with van der Waals surface area (Å²) in [5.74, 6) is -0.883. The van der Waals surface area contributed by atoms with Crippen molar-refractivity contribution in [3.8, 4) is 0 Å². The van der Waals surface area contributed by atoms with Gasteiger partial charge in [-0.05, 0) is 109 Å². The van der Waals surface area contributed by atoms with E-state index in [0.717, 1.165) is 116 Å². The molecular weight excluding hydrogens is 961 g/mol. The Bertz CT molecular complexity index is 1570. The molecule has 6 nitrogen and oxygen atoms in total. The van der Waals surface area contributed by atoms with Crippen molar-refractivity contribution in [2.24, 2.45) is 0 Å². The average molecular weight is 1080 g/mol. The molecule has 0 radical (unpaired) electrons. The molecule has 0 aliphatic carbocycles. The summed E-state index contributed by atoms with van der Waals surface area (Å²) in [5, 5.41) is 0. The van der Waals surface area contributed by atoms with Crippen LogP contribution in [-0.4, -0.2) is 37.2 Å². The summed E-state index contributed by atoms with van der Waals surface area (Å²) >= 11 is 0. The summed E-state index contributed by atoms with van der Waals surface area (Å²) < 4.78 is 16.9. The van der Waals surface area contributed by atoms with Crippen LogP contribution in [0.5, 0.6) is 0 Å². The topological polar surface area (TPSA) is 78.9 Å². The molecule has 0 spiro atoms. The lowest BCUT2D eigenvalue weighted by Crippen LogP contribution is -2.30. The van der Waals surface area contributed by atoms with Gasteiger partial charge in [-0.2, -0.15) is 0 Å². The van der Waals surface area contributed by atoms with E-state index >= 15 is 0 Å². The first-order valence-electron chi connectivity index (χ1n) is 32.9. The first kappa shape index (κ1) is 74.1. The molecule has 1 unspecified atom stereocenters. The standard InChI is InChI=1S/C72H122O6/c1-4-7-10-13-16-19-22-24-26-28-29-30-31-32-33-34-35-36-37-38-39-40-41-42-43-45-46-48-50-53-56-59-62-65-71(74)77-68-69(67-76-70(73)64-61-58-55-52-21-18-15-12-9-6-3)78-72(75)66-63-60-57-54-51-49-47-44-27-25-23-20-17-14-11-8-5-2/h7,10,16-17,19-20,24-27,29-30,32-33,35-36,38-39,69H,4-6,8-9,11-15,18,21-23,28,31,34,37,40-68H2,1-3H3/b10-7-,19-16-,20-17-,26-24-,27-25-,30-29-,33-32-,36-35-,39-38-. The van der Waals surface area contributed by atoms with Crippen LogP contribution in [0, 0.1) is 0 Å². The summed E-state index contributed by atoms with van der Waals surface area (Å²) in [7, 11) is 0. The Morgan fingerprint density at radius 1 is 0.269 bits per heavy atom. The predicted molar refractivity (Wildman–Crippen MR) is 339 cm³/mol. The molecular formula is C72H122O6. The summed E-state index contributed by atoms with van der Waals surface area (Å²) in [6.45, 7) is 6.50. The van der Waals surface area contributed by atoms with Crippen LogP contribution in [0.25, 0.3) is 0 Å². The number of ether oxygens (including phenoxy) is 3. The second kappa shape index (κ2) is 65.6. The van der Waals surface area contributed by atoms with Gasteiger partial charge in [0.15, 0.2) is 6.10 Å². The largest absolute Gasteiger partial charge is 0.462 e. The second-order valence-electron chi connectivity index (χ2n) is 21.6. The van der Waals surface area contributed by atoms with Gasteiger partial charge in [0.1, 0.15) is 13.2 Å². The van der Waals surface area contributed by atoms with Crippen LogP contribution in [0.1, 0.15) is 310 Å². The molecule has 6 heteroatoms. The molecule has 0 aromatic carbocycles. The van der Waals surface area contributed by atoms with E-state index in [-0.39, 0.29) is 31.1 Å². The minimum atomic E-state index is -0.782. The van der Waals surface area contributed by atoms with E-state index in [0.29, 0.717) is 19.3 Å². The summed E-state index contributed by atoms with van der Waals surface area (Å²) in [6, 6.07) is 0. The van der Waals surface area contributed by atoms with Gasteiger partial charge in [0.25, 0.3) is 0 Å². The van der Waals surface area contributed by atoms with Gasteiger partial charge in [0, 0.05) is 19.3 Å². The van der Waals surface area contributed by atoms with Crippen LogP contribution >= 0.6 is 0 Å². The maximum Gasteiger partial charge on any atom is 0.306 e. The van der Waals surface area contributed by atoms with Crippen molar-refractivity contribution in [3.05, 3.63) is 109 Å². The SMILES string of the molecule is CC/C=C\C/C=C\C/C=C\C/C=C\C/C=C\C/C=C\C/C=C\CCCCCCCCCCCCCC(=O)OCC(COC(=O)CCCCCCCCCCCC)OC(=O)CCCCCCCCC/C=C\C/C=C\CCCCC. The first-order valence-corrected chi connectivity index (χ1v) is 32.9. The molecule has 0 aliphatic heterocycles. The van der Waals surface area contributed by atoms with E-state index in [4.69, 9.17) is 14.2 Å². The molecule has 0 saturated heterocycles. The molecule has 0 fully saturated rings. The van der Waals surface area contributed by atoms with E-state index in [9.17, 15) is 14.4 Å². The zero-order valence-electron chi connectivity index (χ0n) is 51.2. The van der Waals surface area contributed by atoms with Crippen LogP contribution in [0.4, 0.5) is 0 Å². The predicted octanol–water partition coefficient (Wildman–Crippen LogP) is 22.6. The third-order valence-corrected chi connectivity index (χ3v) is 14.0. The number of hydrogen-bond donors (Lipinski definition) is 0. The molecule has 446 valence electrons. The van der Waals surface area contributed by atoms with Crippen LogP contribution < -0.4 is 0 Å². The number of esters is 3. The molecule has 0 aliphatic rings. The summed E-state index contributed by atoms with van der Waals surface area (Å²) in [6.07, 6.45) is 89.6. The monoisotopic (exact) mass is 1080 g/mol. The van der Waals surface area contributed by atoms with Crippen molar-refractivity contribution in [3.63, 3.8) is 0 Å². The van der Waals surface area contributed by atoms with Crippen LogP contribution in [0.15, 0.2) is 109 Å². The number of rotatable bonds is 59. The van der Waals surface area contributed by atoms with E-state index in [1.807, 2.05) is 0 Å². The molecule has 0 N–H and O–H groups in total. The minimum absolute atomic E-state index is 0.0792. The lowest BCUT2D eigenvalue weighted by atomic mass is 10.0. The molecule has 78 heavy (non-hydrogen) atoms. The van der Waals surface area contributed by atoms with E-state index in [1.54, 1.807) is 0 Å². The zero-order chi connectivity index (χ0) is 56.4. The zero-order valence-corrected chi connectivity index (χ0v) is 51.2. The minimum Gasteiger partial charge on any atom is -0.462 e. The third-order valence-electron chi connectivity index (χ3n) is 14.0. The molecule has 0 saturated carbocycles. The highest BCUT2D eigenvalue weighted by Gasteiger charge is 2.19. The van der Waals surface area contributed by atoms with Crippen molar-refractivity contribution in [2.45, 2.75) is 316 Å². The molecule has 0 heterocycles. The third kappa shape index (κ3) is 62.9. The Hall–Kier alpha value is -3.93. The van der Waals surface area contributed by atoms with Crippen LogP contribution in [-0.2, 0) is 28.6 Å². The number of hydrogen-bond acceptors (Lipinski definition) is 6. The highest BCUT2D eigenvalue weighted by Crippen LogP contribution is 2.16. The number of carbonyl (C=O) groups excluding carboxylic acids is 3. The average Bonchev–Trinajstić information content (AvgIpc) is 3.44. The molecule has 0 aromatic heterocycles. The fourth-order valence-corrected chi connectivity index (χ4v) is 9.10. The van der Waals surface area contributed by atoms with Crippen LogP contribution in [0.3, 0.4) is 0 Å². The maximum atomic E-state index is 12.9. The Morgan fingerprint density at radius 3 is 0.808 bits per heavy atom. The van der Waals surface area contributed by atoms with Gasteiger partial charge in [0.05, 0.1) is 0 Å². The fraction of sp³-hybridized carbons (Fsp3) is 0.708. The molecule has 1 atom stereocenters. The van der Waals surface area contributed by atoms with Gasteiger partial charge in [-0.3, -0.25) is 14.4 Å². The van der Waals surface area contributed by atoms with Crippen molar-refractivity contribution < 1.29 is 28.6 Å². The molecule has 0 bridgehead atoms. The quantitative estimate of drug-likeness (QED) is 0.0261. The summed E-state index contributed by atoms with van der Waals surface area (Å²) in [5.41, 5.74) is 0. The van der Waals surface area contributed by atoms with Gasteiger partial charge < -0.3 is 14.2 Å². The highest BCUT2D eigenvalue weighted by atomic mass is 16.6. The van der Waals surface area contributed by atoms with Gasteiger partial charge in [0.2, 0.25) is 0 Å². The Morgan fingerprint density at radius 2 is 0.500 bits per heavy atom. The van der Waals surface area contributed by atoms with Gasteiger partial charge in [-0.1, -0.05) is 291 Å². The Kier molecular flexibility index (Phi) is 62.3. The number of allylic oxidation sites excluding steroid dienone is 18. The molecule has 0 amide bonds. The number of unbranched alkanes of at least 4 members (excludes halogenated alkanes) is 30. The second-order valence-corrected chi connectivity index (χ2v) is 21.6. The maximum absolute atomic E-state index is 12.9. The number of carbonyl (C=O) groups is 3. The van der Waals surface area contributed by atoms with E-state index in [2.05, 4.69) is 130 Å². The molecule has 0 rings (SSSR count). The van der Waals surface area contributed by atoms with Crippen LogP contribution in [0.2, 0.25) is 0 Å². The van der Waals surface area contributed by atoms with Gasteiger partial charge in [-0.25, -0.2) is 0 Å². The highest BCUT2D eigenvalue weighted by molar-refractivity contribution is 5.71. The first-order chi connectivity index (χ1) is 38.5. The smallest absolute Gasteiger partial charge is 0.306 e. The van der Waals surface area contributed by atoms with E-state index in [1.165, 1.54) is 154 Å².